The van der Waals surface area contributed by atoms with Crippen LogP contribution in [0.4, 0.5) is 8.78 Å². The fourth-order valence-corrected chi connectivity index (χ4v) is 3.83. The number of benzene rings is 2. The summed E-state index contributed by atoms with van der Waals surface area (Å²) in [6, 6.07) is 7.56. The number of halogens is 2. The van der Waals surface area contributed by atoms with E-state index in [0.29, 0.717) is 39.8 Å². The highest BCUT2D eigenvalue weighted by Crippen LogP contribution is 2.36. The van der Waals surface area contributed by atoms with Gasteiger partial charge in [0.15, 0.2) is 0 Å². The first-order chi connectivity index (χ1) is 13.5. The maximum absolute atomic E-state index is 14.8. The first-order valence-electron chi connectivity index (χ1n) is 9.25. The van der Waals surface area contributed by atoms with E-state index in [1.54, 1.807) is 6.07 Å². The van der Waals surface area contributed by atoms with Gasteiger partial charge in [-0.3, -0.25) is 9.63 Å². The molecule has 0 radical (unpaired) electrons. The molecule has 4 N–H and O–H groups in total. The molecule has 1 aliphatic rings. The molecule has 1 atom stereocenters. The predicted molar refractivity (Wildman–Crippen MR) is 103 cm³/mol. The summed E-state index contributed by atoms with van der Waals surface area (Å²) in [5.74, 6) is -1.28. The largest absolute Gasteiger partial charge is 0.354 e. The van der Waals surface area contributed by atoms with Gasteiger partial charge >= 0.3 is 0 Å². The molecule has 2 aromatic carbocycles. The summed E-state index contributed by atoms with van der Waals surface area (Å²) in [5.41, 5.74) is 11.1. The number of amides is 1. The van der Waals surface area contributed by atoms with E-state index in [1.807, 2.05) is 13.0 Å². The third kappa shape index (κ3) is 3.16. The van der Waals surface area contributed by atoms with Crippen molar-refractivity contribution in [3.05, 3.63) is 58.7 Å². The molecular weight excluding hydrogens is 364 g/mol. The lowest BCUT2D eigenvalue weighted by atomic mass is 9.93. The van der Waals surface area contributed by atoms with E-state index in [-0.39, 0.29) is 23.9 Å². The van der Waals surface area contributed by atoms with Crippen molar-refractivity contribution >= 4 is 16.8 Å². The maximum Gasteiger partial charge on any atom is 0.275 e. The molecule has 1 unspecified atom stereocenters. The van der Waals surface area contributed by atoms with Gasteiger partial charge in [-0.2, -0.15) is 0 Å². The molecule has 0 bridgehead atoms. The van der Waals surface area contributed by atoms with Crippen molar-refractivity contribution in [1.29, 1.82) is 0 Å². The number of hydrogen-bond acceptors (Lipinski definition) is 3. The third-order valence-corrected chi connectivity index (χ3v) is 5.25. The molecule has 0 saturated carbocycles. The Hall–Kier alpha value is -2.77. The molecule has 2 heterocycles. The normalized spacial score (nSPS) is 14.8. The van der Waals surface area contributed by atoms with E-state index >= 15 is 0 Å². The van der Waals surface area contributed by atoms with Crippen LogP contribution >= 0.6 is 0 Å². The number of aromatic amines is 1. The third-order valence-electron chi connectivity index (χ3n) is 5.25. The van der Waals surface area contributed by atoms with Crippen molar-refractivity contribution in [2.75, 3.05) is 6.54 Å². The summed E-state index contributed by atoms with van der Waals surface area (Å²) >= 11 is 0. The van der Waals surface area contributed by atoms with Crippen LogP contribution in [0.15, 0.2) is 30.3 Å². The minimum Gasteiger partial charge on any atom is -0.354 e. The van der Waals surface area contributed by atoms with Gasteiger partial charge in [-0.05, 0) is 49.1 Å². The summed E-state index contributed by atoms with van der Waals surface area (Å²) in [4.78, 5) is 20.5. The van der Waals surface area contributed by atoms with Crippen LogP contribution in [0.5, 0.6) is 0 Å². The second kappa shape index (κ2) is 7.33. The van der Waals surface area contributed by atoms with Gasteiger partial charge < -0.3 is 10.7 Å². The molecule has 28 heavy (non-hydrogen) atoms. The molecule has 1 amide bonds. The lowest BCUT2D eigenvalue weighted by Crippen LogP contribution is -2.21. The van der Waals surface area contributed by atoms with E-state index in [1.165, 1.54) is 18.2 Å². The van der Waals surface area contributed by atoms with Crippen LogP contribution in [-0.4, -0.2) is 17.4 Å². The van der Waals surface area contributed by atoms with Crippen molar-refractivity contribution < 1.29 is 18.4 Å². The molecule has 1 aromatic heterocycles. The second-order valence-electron chi connectivity index (χ2n) is 7.14. The zero-order chi connectivity index (χ0) is 19.8. The molecule has 0 aliphatic carbocycles. The molecule has 0 saturated heterocycles. The van der Waals surface area contributed by atoms with Gasteiger partial charge in [0.2, 0.25) is 0 Å². The monoisotopic (exact) mass is 385 g/mol. The number of aromatic nitrogens is 1. The summed E-state index contributed by atoms with van der Waals surface area (Å²) in [7, 11) is 0. The molecule has 4 rings (SSSR count). The van der Waals surface area contributed by atoms with E-state index in [4.69, 9.17) is 10.6 Å². The van der Waals surface area contributed by atoms with Gasteiger partial charge in [0, 0.05) is 22.0 Å². The molecule has 3 aromatic rings. The lowest BCUT2D eigenvalue weighted by molar-refractivity contribution is 0.0255. The van der Waals surface area contributed by atoms with Crippen LogP contribution in [0.25, 0.3) is 22.2 Å². The fourth-order valence-electron chi connectivity index (χ4n) is 3.83. The maximum atomic E-state index is 14.8. The molecule has 146 valence electrons. The number of hydroxylamine groups is 1. The van der Waals surface area contributed by atoms with Crippen molar-refractivity contribution in [3.63, 3.8) is 0 Å². The zero-order valence-corrected chi connectivity index (χ0v) is 15.4. The van der Waals surface area contributed by atoms with Gasteiger partial charge in [0.05, 0.1) is 11.3 Å². The number of rotatable bonds is 5. The highest BCUT2D eigenvalue weighted by molar-refractivity contribution is 6.09. The summed E-state index contributed by atoms with van der Waals surface area (Å²) in [5, 5.41) is 0.590. The average Bonchev–Trinajstić information content (AvgIpc) is 2.94. The van der Waals surface area contributed by atoms with Gasteiger partial charge in [-0.1, -0.05) is 19.1 Å². The lowest BCUT2D eigenvalue weighted by Gasteiger charge is -2.13. The highest BCUT2D eigenvalue weighted by atomic mass is 19.1. The topological polar surface area (TPSA) is 80.1 Å². The van der Waals surface area contributed by atoms with E-state index in [9.17, 15) is 13.6 Å². The number of nitrogens with one attached hydrogen (secondary N) is 2. The minimum absolute atomic E-state index is 0.0627. The van der Waals surface area contributed by atoms with Crippen LogP contribution in [-0.2, 0) is 11.4 Å². The molecule has 0 spiro atoms. The standard InChI is InChI=1S/C21H21F2N3O2/c1-11(3-2-6-24)14-5-4-12(7-17(14)23)20-16-10-28-26-21(27)15-8-13(22)9-18(25-20)19(15)16/h4-5,7-9,11,25H,2-3,6,10,24H2,1H3,(H,26,27). The summed E-state index contributed by atoms with van der Waals surface area (Å²) in [6.07, 6.45) is 1.65. The Kier molecular flexibility index (Phi) is 4.87. The minimum atomic E-state index is -0.533. The van der Waals surface area contributed by atoms with Crippen LogP contribution in [0.3, 0.4) is 0 Å². The van der Waals surface area contributed by atoms with E-state index < -0.39 is 11.7 Å². The Morgan fingerprint density at radius 1 is 1.25 bits per heavy atom. The molecule has 0 fully saturated rings. The zero-order valence-electron chi connectivity index (χ0n) is 15.4. The van der Waals surface area contributed by atoms with Crippen LogP contribution < -0.4 is 11.2 Å². The van der Waals surface area contributed by atoms with Gasteiger partial charge in [0.1, 0.15) is 18.2 Å². The highest BCUT2D eigenvalue weighted by Gasteiger charge is 2.24. The Labute approximate surface area is 160 Å². The van der Waals surface area contributed by atoms with Gasteiger partial charge in [-0.25, -0.2) is 14.3 Å². The van der Waals surface area contributed by atoms with E-state index in [0.717, 1.165) is 12.8 Å². The molecular formula is C21H21F2N3O2. The Bertz CT molecular complexity index is 1060. The number of H-pyrrole nitrogens is 1. The van der Waals surface area contributed by atoms with Crippen LogP contribution in [0, 0.1) is 11.6 Å². The molecule has 5 nitrogen and oxygen atoms in total. The van der Waals surface area contributed by atoms with Crippen molar-refractivity contribution in [3.8, 4) is 11.3 Å². The van der Waals surface area contributed by atoms with Crippen molar-refractivity contribution in [1.82, 2.24) is 10.5 Å². The Morgan fingerprint density at radius 3 is 2.82 bits per heavy atom. The molecule has 7 heteroatoms. The van der Waals surface area contributed by atoms with Gasteiger partial charge in [0.25, 0.3) is 5.91 Å². The van der Waals surface area contributed by atoms with Gasteiger partial charge in [-0.15, -0.1) is 0 Å². The first-order valence-corrected chi connectivity index (χ1v) is 9.25. The first kappa shape index (κ1) is 18.6. The summed E-state index contributed by atoms with van der Waals surface area (Å²) in [6.45, 7) is 2.65. The van der Waals surface area contributed by atoms with Crippen LogP contribution in [0.1, 0.15) is 47.2 Å². The Morgan fingerprint density at radius 2 is 2.07 bits per heavy atom. The smallest absolute Gasteiger partial charge is 0.275 e. The average molecular weight is 385 g/mol. The van der Waals surface area contributed by atoms with Crippen LogP contribution in [0.2, 0.25) is 0 Å². The second-order valence-corrected chi connectivity index (χ2v) is 7.14. The number of carbonyl (C=O) groups is 1. The van der Waals surface area contributed by atoms with E-state index in [2.05, 4.69) is 10.5 Å². The fraction of sp³-hybridized carbons (Fsp3) is 0.286. The number of nitrogens with two attached hydrogens (primary N) is 1. The quantitative estimate of drug-likeness (QED) is 0.618. The SMILES string of the molecule is CC(CCCN)c1ccc(-c2[nH]c3cc(F)cc4c3c2CONC4=O)cc1F. The Balaban J connectivity index is 1.81. The summed E-state index contributed by atoms with van der Waals surface area (Å²) < 4.78 is 28.8. The van der Waals surface area contributed by atoms with Crippen molar-refractivity contribution in [2.24, 2.45) is 5.73 Å². The van der Waals surface area contributed by atoms with Crippen molar-refractivity contribution in [2.45, 2.75) is 32.3 Å². The molecule has 1 aliphatic heterocycles. The predicted octanol–water partition coefficient (Wildman–Crippen LogP) is 4.13. The number of carbonyl (C=O) groups excluding carboxylic acids is 1. The number of hydrogen-bond donors (Lipinski definition) is 3.